The molecule has 68 valence electrons. The van der Waals surface area contributed by atoms with Crippen LogP contribution < -0.4 is 0 Å². The smallest absolute Gasteiger partial charge is 0.0680 e. The van der Waals surface area contributed by atoms with E-state index in [1.165, 1.54) is 16.4 Å². The fraction of sp³-hybridized carbons (Fsp3) is 0.364. The summed E-state index contributed by atoms with van der Waals surface area (Å²) < 4.78 is 0. The second kappa shape index (κ2) is 4.47. The molecule has 2 rings (SSSR count). The quantitative estimate of drug-likeness (QED) is 0.715. The van der Waals surface area contributed by atoms with Gasteiger partial charge < -0.3 is 0 Å². The third-order valence-electron chi connectivity index (χ3n) is 2.12. The SMILES string of the molecule is c1ccc(CCC2=NCCS2)cc1. The second-order valence-corrected chi connectivity index (χ2v) is 4.28. The molecule has 0 aromatic heterocycles. The Morgan fingerprint density at radius 1 is 1.15 bits per heavy atom. The highest BCUT2D eigenvalue weighted by atomic mass is 32.2. The predicted octanol–water partition coefficient (Wildman–Crippen LogP) is 2.76. The lowest BCUT2D eigenvalue weighted by Crippen LogP contribution is -1.92. The summed E-state index contributed by atoms with van der Waals surface area (Å²) in [7, 11) is 0. The van der Waals surface area contributed by atoms with Gasteiger partial charge in [0.15, 0.2) is 0 Å². The maximum Gasteiger partial charge on any atom is 0.0680 e. The van der Waals surface area contributed by atoms with Gasteiger partial charge in [-0.25, -0.2) is 0 Å². The minimum atomic E-state index is 1.02. The van der Waals surface area contributed by atoms with Crippen LogP contribution in [-0.2, 0) is 6.42 Å². The number of aryl methyl sites for hydroxylation is 1. The van der Waals surface area contributed by atoms with Gasteiger partial charge in [-0.15, -0.1) is 11.8 Å². The van der Waals surface area contributed by atoms with Crippen LogP contribution >= 0.6 is 11.8 Å². The third-order valence-corrected chi connectivity index (χ3v) is 3.17. The molecular formula is C11H13NS. The number of benzene rings is 1. The van der Waals surface area contributed by atoms with Gasteiger partial charge in [-0.05, 0) is 18.4 Å². The average molecular weight is 191 g/mol. The highest BCUT2D eigenvalue weighted by molar-refractivity contribution is 8.14. The van der Waals surface area contributed by atoms with Gasteiger partial charge >= 0.3 is 0 Å². The fourth-order valence-electron chi connectivity index (χ4n) is 1.43. The van der Waals surface area contributed by atoms with Crippen molar-refractivity contribution >= 4 is 16.8 Å². The fourth-order valence-corrected chi connectivity index (χ4v) is 2.27. The average Bonchev–Trinajstić information content (AvgIpc) is 2.69. The van der Waals surface area contributed by atoms with Crippen molar-refractivity contribution in [3.63, 3.8) is 0 Å². The van der Waals surface area contributed by atoms with Crippen LogP contribution in [0.15, 0.2) is 35.3 Å². The molecule has 0 atom stereocenters. The van der Waals surface area contributed by atoms with E-state index in [2.05, 4.69) is 35.3 Å². The highest BCUT2D eigenvalue weighted by Crippen LogP contribution is 2.16. The second-order valence-electron chi connectivity index (χ2n) is 3.11. The number of thioether (sulfide) groups is 1. The Balaban J connectivity index is 1.86. The third kappa shape index (κ3) is 2.59. The molecule has 0 radical (unpaired) electrons. The lowest BCUT2D eigenvalue weighted by Gasteiger charge is -1.99. The Kier molecular flexibility index (Phi) is 3.03. The van der Waals surface area contributed by atoms with Crippen molar-refractivity contribution in [1.29, 1.82) is 0 Å². The Hall–Kier alpha value is -0.760. The molecule has 1 aliphatic heterocycles. The molecule has 2 heteroatoms. The van der Waals surface area contributed by atoms with Gasteiger partial charge in [0, 0.05) is 12.3 Å². The lowest BCUT2D eigenvalue weighted by molar-refractivity contribution is 1.04. The van der Waals surface area contributed by atoms with Crippen LogP contribution in [0.4, 0.5) is 0 Å². The topological polar surface area (TPSA) is 12.4 Å². The lowest BCUT2D eigenvalue weighted by atomic mass is 10.1. The predicted molar refractivity (Wildman–Crippen MR) is 59.5 cm³/mol. The van der Waals surface area contributed by atoms with Crippen LogP contribution in [0.25, 0.3) is 0 Å². The van der Waals surface area contributed by atoms with Crippen molar-refractivity contribution in [1.82, 2.24) is 0 Å². The maximum absolute atomic E-state index is 4.43. The van der Waals surface area contributed by atoms with Gasteiger partial charge in [-0.1, -0.05) is 30.3 Å². The van der Waals surface area contributed by atoms with E-state index < -0.39 is 0 Å². The van der Waals surface area contributed by atoms with Gasteiger partial charge in [0.2, 0.25) is 0 Å². The largest absolute Gasteiger partial charge is 0.282 e. The number of hydrogen-bond acceptors (Lipinski definition) is 2. The summed E-state index contributed by atoms with van der Waals surface area (Å²) in [6, 6.07) is 10.6. The van der Waals surface area contributed by atoms with E-state index in [1.807, 2.05) is 11.8 Å². The zero-order chi connectivity index (χ0) is 8.93. The summed E-state index contributed by atoms with van der Waals surface area (Å²) in [5.74, 6) is 1.18. The van der Waals surface area contributed by atoms with Gasteiger partial charge in [-0.3, -0.25) is 4.99 Å². The molecule has 1 aromatic carbocycles. The molecule has 0 amide bonds. The molecular weight excluding hydrogens is 178 g/mol. The van der Waals surface area contributed by atoms with Crippen LogP contribution in [0.3, 0.4) is 0 Å². The molecule has 0 aliphatic carbocycles. The van der Waals surface area contributed by atoms with E-state index in [1.54, 1.807) is 0 Å². The summed E-state index contributed by atoms with van der Waals surface area (Å²) in [6.07, 6.45) is 2.25. The summed E-state index contributed by atoms with van der Waals surface area (Å²) in [5.41, 5.74) is 1.41. The summed E-state index contributed by atoms with van der Waals surface area (Å²) in [5, 5.41) is 1.34. The summed E-state index contributed by atoms with van der Waals surface area (Å²) >= 11 is 1.91. The molecule has 1 aromatic rings. The van der Waals surface area contributed by atoms with E-state index in [-0.39, 0.29) is 0 Å². The van der Waals surface area contributed by atoms with Gasteiger partial charge in [-0.2, -0.15) is 0 Å². The molecule has 1 nitrogen and oxygen atoms in total. The zero-order valence-electron chi connectivity index (χ0n) is 7.57. The van der Waals surface area contributed by atoms with Crippen LogP contribution in [0.1, 0.15) is 12.0 Å². The molecule has 13 heavy (non-hydrogen) atoms. The first kappa shape index (κ1) is 8.82. The molecule has 0 spiro atoms. The van der Waals surface area contributed by atoms with Crippen LogP contribution in [0.2, 0.25) is 0 Å². The molecule has 0 unspecified atom stereocenters. The van der Waals surface area contributed by atoms with Crippen molar-refractivity contribution in [2.75, 3.05) is 12.3 Å². The normalized spacial score (nSPS) is 15.8. The summed E-state index contributed by atoms with van der Waals surface area (Å²) in [6.45, 7) is 1.02. The monoisotopic (exact) mass is 191 g/mol. The molecule has 0 bridgehead atoms. The first-order valence-corrected chi connectivity index (χ1v) is 5.64. The minimum absolute atomic E-state index is 1.02. The maximum atomic E-state index is 4.43. The Morgan fingerprint density at radius 3 is 2.69 bits per heavy atom. The van der Waals surface area contributed by atoms with E-state index in [4.69, 9.17) is 0 Å². The van der Waals surface area contributed by atoms with Crippen molar-refractivity contribution in [3.8, 4) is 0 Å². The Labute approximate surface area is 83.3 Å². The van der Waals surface area contributed by atoms with Gasteiger partial charge in [0.1, 0.15) is 0 Å². The molecule has 0 saturated carbocycles. The standard InChI is InChI=1S/C11H13NS/c1-2-4-10(5-3-1)6-7-11-12-8-9-13-11/h1-5H,6-9H2. The Morgan fingerprint density at radius 2 is 2.00 bits per heavy atom. The van der Waals surface area contributed by atoms with Gasteiger partial charge in [0.25, 0.3) is 0 Å². The van der Waals surface area contributed by atoms with Crippen molar-refractivity contribution in [3.05, 3.63) is 35.9 Å². The molecule has 0 fully saturated rings. The van der Waals surface area contributed by atoms with E-state index in [0.29, 0.717) is 0 Å². The number of rotatable bonds is 3. The molecule has 0 N–H and O–H groups in total. The van der Waals surface area contributed by atoms with Gasteiger partial charge in [0.05, 0.1) is 5.04 Å². The van der Waals surface area contributed by atoms with Crippen LogP contribution in [0, 0.1) is 0 Å². The first-order chi connectivity index (χ1) is 6.45. The van der Waals surface area contributed by atoms with Crippen molar-refractivity contribution < 1.29 is 0 Å². The van der Waals surface area contributed by atoms with E-state index in [9.17, 15) is 0 Å². The van der Waals surface area contributed by atoms with Crippen molar-refractivity contribution in [2.45, 2.75) is 12.8 Å². The van der Waals surface area contributed by atoms with E-state index >= 15 is 0 Å². The van der Waals surface area contributed by atoms with E-state index in [0.717, 1.165) is 19.4 Å². The number of aliphatic imine (C=N–C) groups is 1. The highest BCUT2D eigenvalue weighted by Gasteiger charge is 2.06. The first-order valence-electron chi connectivity index (χ1n) is 4.65. The molecule has 1 heterocycles. The zero-order valence-corrected chi connectivity index (χ0v) is 8.39. The van der Waals surface area contributed by atoms with Crippen LogP contribution in [0.5, 0.6) is 0 Å². The summed E-state index contributed by atoms with van der Waals surface area (Å²) in [4.78, 5) is 4.43. The Bertz CT molecular complexity index is 292. The number of hydrogen-bond donors (Lipinski definition) is 0. The van der Waals surface area contributed by atoms with Crippen molar-refractivity contribution in [2.24, 2.45) is 4.99 Å². The number of nitrogens with zero attached hydrogens (tertiary/aromatic N) is 1. The minimum Gasteiger partial charge on any atom is -0.282 e. The molecule has 0 saturated heterocycles. The molecule has 1 aliphatic rings. The van der Waals surface area contributed by atoms with Crippen LogP contribution in [-0.4, -0.2) is 17.3 Å².